The Morgan fingerprint density at radius 2 is 2.05 bits per heavy atom. The minimum atomic E-state index is -0.327. The van der Waals surface area contributed by atoms with Crippen LogP contribution < -0.4 is 5.63 Å². The van der Waals surface area contributed by atoms with E-state index < -0.39 is 0 Å². The maximum Gasteiger partial charge on any atom is 0.345 e. The second kappa shape index (κ2) is 3.81. The van der Waals surface area contributed by atoms with Crippen molar-refractivity contribution in [3.8, 4) is 0 Å². The first kappa shape index (κ1) is 11.0. The molecule has 0 saturated heterocycles. The Morgan fingerprint density at radius 3 is 2.95 bits per heavy atom. The molecule has 0 amide bonds. The Kier molecular flexibility index (Phi) is 2.21. The van der Waals surface area contributed by atoms with Gasteiger partial charge >= 0.3 is 5.63 Å². The van der Waals surface area contributed by atoms with E-state index in [1.54, 1.807) is 18.2 Å². The van der Waals surface area contributed by atoms with E-state index in [0.717, 1.165) is 30.3 Å². The third-order valence-electron chi connectivity index (χ3n) is 3.67. The average Bonchev–Trinajstić information content (AvgIpc) is 2.85. The topological polar surface area (TPSA) is 43.1 Å². The molecule has 3 nitrogen and oxygen atoms in total. The first-order valence-corrected chi connectivity index (χ1v) is 6.65. The fourth-order valence-electron chi connectivity index (χ4n) is 2.76. The normalized spacial score (nSPS) is 14.2. The molecule has 0 bridgehead atoms. The van der Waals surface area contributed by atoms with Gasteiger partial charge in [-0.25, -0.2) is 4.79 Å². The molecule has 0 saturated carbocycles. The van der Waals surface area contributed by atoms with Crippen molar-refractivity contribution >= 4 is 33.5 Å². The number of fused-ring (bicyclic) bond motifs is 4. The van der Waals surface area contributed by atoms with Gasteiger partial charge in [-0.3, -0.25) is 4.98 Å². The predicted molar refractivity (Wildman–Crippen MR) is 74.8 cm³/mol. The lowest BCUT2D eigenvalue weighted by atomic mass is 10.1. The van der Waals surface area contributed by atoms with E-state index in [1.807, 2.05) is 6.07 Å². The number of pyridine rings is 1. The number of halogens is 1. The van der Waals surface area contributed by atoms with Crippen LogP contribution in [0.5, 0.6) is 0 Å². The van der Waals surface area contributed by atoms with Crippen LogP contribution in [-0.4, -0.2) is 4.98 Å². The van der Waals surface area contributed by atoms with Crippen LogP contribution in [0.15, 0.2) is 33.5 Å². The van der Waals surface area contributed by atoms with E-state index in [0.29, 0.717) is 21.5 Å². The van der Waals surface area contributed by atoms with Gasteiger partial charge < -0.3 is 4.42 Å². The van der Waals surface area contributed by atoms with Crippen molar-refractivity contribution in [3.05, 3.63) is 51.0 Å². The molecular weight excluding hydrogens is 262 g/mol. The highest BCUT2D eigenvalue weighted by Crippen LogP contribution is 2.28. The molecule has 0 spiro atoms. The molecule has 0 atom stereocenters. The van der Waals surface area contributed by atoms with Gasteiger partial charge in [0.25, 0.3) is 0 Å². The number of nitrogens with zero attached hydrogens (tertiary/aromatic N) is 1. The summed E-state index contributed by atoms with van der Waals surface area (Å²) in [6, 6.07) is 7.16. The molecular formula is C15H10ClNO2. The molecule has 4 rings (SSSR count). The first-order chi connectivity index (χ1) is 9.22. The van der Waals surface area contributed by atoms with Crippen LogP contribution in [0.2, 0.25) is 5.02 Å². The molecule has 4 heteroatoms. The summed E-state index contributed by atoms with van der Waals surface area (Å²) in [7, 11) is 0. The maximum absolute atomic E-state index is 12.0. The van der Waals surface area contributed by atoms with Crippen LogP contribution in [0.3, 0.4) is 0 Å². The third-order valence-corrected chi connectivity index (χ3v) is 3.91. The smallest absolute Gasteiger partial charge is 0.345 e. The van der Waals surface area contributed by atoms with Crippen molar-refractivity contribution in [3.63, 3.8) is 0 Å². The van der Waals surface area contributed by atoms with Crippen LogP contribution in [0, 0.1) is 0 Å². The summed E-state index contributed by atoms with van der Waals surface area (Å²) in [4.78, 5) is 16.7. The molecule has 1 aliphatic rings. The lowest BCUT2D eigenvalue weighted by Crippen LogP contribution is -2.03. The quantitative estimate of drug-likeness (QED) is 0.464. The standard InChI is InChI=1S/C15H10ClNO2/c16-9-4-5-13-10(7-9)14-11(15(18)19-13)6-8-2-1-3-12(8)17-14/h4-7H,1-3H2. The van der Waals surface area contributed by atoms with Gasteiger partial charge in [-0.2, -0.15) is 0 Å². The Balaban J connectivity index is 2.24. The zero-order valence-corrected chi connectivity index (χ0v) is 10.8. The van der Waals surface area contributed by atoms with Gasteiger partial charge in [0.1, 0.15) is 5.58 Å². The second-order valence-corrected chi connectivity index (χ2v) is 5.31. The molecule has 3 aromatic rings. The van der Waals surface area contributed by atoms with Crippen LogP contribution in [0.1, 0.15) is 17.7 Å². The Bertz CT molecular complexity index is 883. The summed E-state index contributed by atoms with van der Waals surface area (Å²) in [6.45, 7) is 0. The first-order valence-electron chi connectivity index (χ1n) is 6.27. The highest BCUT2D eigenvalue weighted by atomic mass is 35.5. The highest BCUT2D eigenvalue weighted by molar-refractivity contribution is 6.31. The lowest BCUT2D eigenvalue weighted by molar-refractivity contribution is 0.569. The molecule has 0 radical (unpaired) electrons. The molecule has 19 heavy (non-hydrogen) atoms. The lowest BCUT2D eigenvalue weighted by Gasteiger charge is -2.05. The van der Waals surface area contributed by atoms with Crippen LogP contribution in [0.4, 0.5) is 0 Å². The van der Waals surface area contributed by atoms with Crippen LogP contribution >= 0.6 is 11.6 Å². The number of aryl methyl sites for hydroxylation is 2. The number of aromatic nitrogens is 1. The summed E-state index contributed by atoms with van der Waals surface area (Å²) >= 11 is 6.03. The third kappa shape index (κ3) is 1.58. The van der Waals surface area contributed by atoms with E-state index in [4.69, 9.17) is 16.0 Å². The molecule has 1 aromatic carbocycles. The van der Waals surface area contributed by atoms with Crippen molar-refractivity contribution in [2.75, 3.05) is 0 Å². The molecule has 0 aliphatic heterocycles. The van der Waals surface area contributed by atoms with Gasteiger partial charge in [0.2, 0.25) is 0 Å². The second-order valence-electron chi connectivity index (χ2n) is 4.87. The highest BCUT2D eigenvalue weighted by Gasteiger charge is 2.17. The summed E-state index contributed by atoms with van der Waals surface area (Å²) in [5.74, 6) is 0. The van der Waals surface area contributed by atoms with Crippen molar-refractivity contribution in [1.29, 1.82) is 0 Å². The molecule has 0 fully saturated rings. The van der Waals surface area contributed by atoms with E-state index in [-0.39, 0.29) is 5.63 Å². The van der Waals surface area contributed by atoms with Crippen LogP contribution in [0.25, 0.3) is 21.9 Å². The molecule has 2 aromatic heterocycles. The molecule has 0 unspecified atom stereocenters. The fraction of sp³-hybridized carbons (Fsp3) is 0.200. The summed E-state index contributed by atoms with van der Waals surface area (Å²) < 4.78 is 5.34. The number of rotatable bonds is 0. The molecule has 0 N–H and O–H groups in total. The van der Waals surface area contributed by atoms with Gasteiger partial charge in [-0.05, 0) is 49.1 Å². The minimum absolute atomic E-state index is 0.327. The van der Waals surface area contributed by atoms with Crippen molar-refractivity contribution in [2.24, 2.45) is 0 Å². The summed E-state index contributed by atoms with van der Waals surface area (Å²) in [6.07, 6.45) is 3.07. The van der Waals surface area contributed by atoms with Crippen LogP contribution in [-0.2, 0) is 12.8 Å². The zero-order valence-electron chi connectivity index (χ0n) is 10.1. The summed E-state index contributed by atoms with van der Waals surface area (Å²) in [5.41, 5.74) is 3.18. The predicted octanol–water partition coefficient (Wildman–Crippen LogP) is 3.48. The molecule has 94 valence electrons. The largest absolute Gasteiger partial charge is 0.422 e. The van der Waals surface area contributed by atoms with Gasteiger partial charge in [-0.1, -0.05) is 11.6 Å². The van der Waals surface area contributed by atoms with E-state index in [1.165, 1.54) is 5.56 Å². The Hall–Kier alpha value is -1.87. The van der Waals surface area contributed by atoms with Gasteiger partial charge in [0.15, 0.2) is 0 Å². The SMILES string of the molecule is O=c1oc2ccc(Cl)cc2c2nc3c(cc12)CCC3. The van der Waals surface area contributed by atoms with Gasteiger partial charge in [-0.15, -0.1) is 0 Å². The molecule has 2 heterocycles. The number of hydrogen-bond acceptors (Lipinski definition) is 3. The van der Waals surface area contributed by atoms with Crippen molar-refractivity contribution in [2.45, 2.75) is 19.3 Å². The van der Waals surface area contributed by atoms with Crippen molar-refractivity contribution in [1.82, 2.24) is 4.98 Å². The molecule has 1 aliphatic carbocycles. The summed E-state index contributed by atoms with van der Waals surface area (Å²) in [5, 5.41) is 1.97. The monoisotopic (exact) mass is 271 g/mol. The van der Waals surface area contributed by atoms with E-state index in [9.17, 15) is 4.79 Å². The zero-order chi connectivity index (χ0) is 13.0. The minimum Gasteiger partial charge on any atom is -0.422 e. The van der Waals surface area contributed by atoms with Gasteiger partial charge in [0, 0.05) is 16.1 Å². The van der Waals surface area contributed by atoms with Crippen molar-refractivity contribution < 1.29 is 4.42 Å². The number of benzene rings is 1. The fourth-order valence-corrected chi connectivity index (χ4v) is 2.94. The maximum atomic E-state index is 12.0. The van der Waals surface area contributed by atoms with E-state index >= 15 is 0 Å². The Labute approximate surface area is 113 Å². The average molecular weight is 272 g/mol. The van der Waals surface area contributed by atoms with Gasteiger partial charge in [0.05, 0.1) is 10.9 Å². The Morgan fingerprint density at radius 1 is 1.16 bits per heavy atom. The number of hydrogen-bond donors (Lipinski definition) is 0. The van der Waals surface area contributed by atoms with E-state index in [2.05, 4.69) is 4.98 Å².